The highest BCUT2D eigenvalue weighted by Crippen LogP contribution is 2.52. The SMILES string of the molecule is CCOC(=O)c1cnc2c(c1)CCN([C@@H]1CC3(CCCS1)CCC3)C2. The van der Waals surface area contributed by atoms with Crippen LogP contribution >= 0.6 is 11.8 Å². The van der Waals surface area contributed by atoms with Crippen LogP contribution in [0, 0.1) is 5.41 Å². The van der Waals surface area contributed by atoms with E-state index < -0.39 is 0 Å². The molecule has 1 aromatic heterocycles. The Morgan fingerprint density at radius 2 is 2.24 bits per heavy atom. The first-order valence-electron chi connectivity index (χ1n) is 9.70. The summed E-state index contributed by atoms with van der Waals surface area (Å²) in [4.78, 5) is 19.2. The van der Waals surface area contributed by atoms with Crippen molar-refractivity contribution in [3.63, 3.8) is 0 Å². The zero-order valence-corrected chi connectivity index (χ0v) is 15.9. The summed E-state index contributed by atoms with van der Waals surface area (Å²) in [5.74, 6) is 1.04. The van der Waals surface area contributed by atoms with Crippen LogP contribution in [-0.2, 0) is 17.7 Å². The van der Waals surface area contributed by atoms with E-state index in [1.54, 1.807) is 6.20 Å². The Labute approximate surface area is 154 Å². The van der Waals surface area contributed by atoms with E-state index in [-0.39, 0.29) is 5.97 Å². The number of fused-ring (bicyclic) bond motifs is 1. The van der Waals surface area contributed by atoms with Gasteiger partial charge < -0.3 is 4.74 Å². The third-order valence-electron chi connectivity index (χ3n) is 6.18. The highest BCUT2D eigenvalue weighted by atomic mass is 32.2. The second-order valence-corrected chi connectivity index (χ2v) is 9.04. The molecule has 0 amide bonds. The fourth-order valence-corrected chi connectivity index (χ4v) is 6.01. The number of carbonyl (C=O) groups excluding carboxylic acids is 1. The van der Waals surface area contributed by atoms with Gasteiger partial charge in [0, 0.05) is 19.3 Å². The van der Waals surface area contributed by atoms with Crippen molar-refractivity contribution in [2.75, 3.05) is 18.9 Å². The van der Waals surface area contributed by atoms with E-state index in [1.807, 2.05) is 13.0 Å². The van der Waals surface area contributed by atoms with Gasteiger partial charge in [-0.15, -0.1) is 11.8 Å². The van der Waals surface area contributed by atoms with Crippen molar-refractivity contribution >= 4 is 17.7 Å². The molecule has 1 aromatic rings. The third-order valence-corrected chi connectivity index (χ3v) is 7.56. The summed E-state index contributed by atoms with van der Waals surface area (Å²) < 4.78 is 5.10. The summed E-state index contributed by atoms with van der Waals surface area (Å²) in [6.07, 6.45) is 11.2. The zero-order valence-electron chi connectivity index (χ0n) is 15.1. The van der Waals surface area contributed by atoms with Crippen LogP contribution in [-0.4, -0.2) is 40.1 Å². The first-order chi connectivity index (χ1) is 12.2. The maximum atomic E-state index is 11.9. The number of hydrogen-bond acceptors (Lipinski definition) is 5. The highest BCUT2D eigenvalue weighted by molar-refractivity contribution is 7.99. The molecule has 0 N–H and O–H groups in total. The molecular weight excluding hydrogens is 332 g/mol. The van der Waals surface area contributed by atoms with Gasteiger partial charge in [0.05, 0.1) is 23.2 Å². The number of nitrogens with zero attached hydrogens (tertiary/aromatic N) is 2. The predicted molar refractivity (Wildman–Crippen MR) is 101 cm³/mol. The van der Waals surface area contributed by atoms with Crippen molar-refractivity contribution < 1.29 is 9.53 Å². The first-order valence-corrected chi connectivity index (χ1v) is 10.7. The van der Waals surface area contributed by atoms with E-state index in [0.717, 1.165) is 25.2 Å². The normalized spacial score (nSPS) is 25.7. The molecule has 4 nitrogen and oxygen atoms in total. The number of hydrogen-bond donors (Lipinski definition) is 0. The fourth-order valence-electron chi connectivity index (χ4n) is 4.57. The lowest BCUT2D eigenvalue weighted by molar-refractivity contribution is 0.0525. The lowest BCUT2D eigenvalue weighted by atomic mass is 9.64. The van der Waals surface area contributed by atoms with Gasteiger partial charge in [-0.3, -0.25) is 9.88 Å². The number of aromatic nitrogens is 1. The Morgan fingerprint density at radius 1 is 1.40 bits per heavy atom. The van der Waals surface area contributed by atoms with Gasteiger partial charge in [0.25, 0.3) is 0 Å². The lowest BCUT2D eigenvalue weighted by Crippen LogP contribution is -2.42. The smallest absolute Gasteiger partial charge is 0.339 e. The standard InChI is InChI=1S/C20H28N2O2S/c1-2-24-19(23)16-11-15-5-9-22(14-17(15)21-13-16)18-12-20(6-3-7-20)8-4-10-25-18/h11,13,18H,2-10,12,14H2,1H3/t18-/m0/s1. The van der Waals surface area contributed by atoms with Crippen LogP contribution in [0.2, 0.25) is 0 Å². The van der Waals surface area contributed by atoms with Crippen LogP contribution in [0.1, 0.15) is 67.1 Å². The van der Waals surface area contributed by atoms with E-state index in [0.29, 0.717) is 23.0 Å². The Balaban J connectivity index is 1.46. The molecule has 25 heavy (non-hydrogen) atoms. The molecule has 2 fully saturated rings. The predicted octanol–water partition coefficient (Wildman–Crippen LogP) is 4.03. The van der Waals surface area contributed by atoms with Gasteiger partial charge in [0.1, 0.15) is 0 Å². The van der Waals surface area contributed by atoms with Gasteiger partial charge in [-0.05, 0) is 68.2 Å². The molecular formula is C20H28N2O2S. The van der Waals surface area contributed by atoms with Crippen LogP contribution in [0.15, 0.2) is 12.3 Å². The molecule has 1 atom stereocenters. The molecule has 0 radical (unpaired) electrons. The van der Waals surface area contributed by atoms with Gasteiger partial charge >= 0.3 is 5.97 Å². The van der Waals surface area contributed by atoms with Crippen LogP contribution in [0.25, 0.3) is 0 Å². The van der Waals surface area contributed by atoms with E-state index >= 15 is 0 Å². The van der Waals surface area contributed by atoms with Crippen molar-refractivity contribution in [1.29, 1.82) is 0 Å². The molecule has 1 saturated carbocycles. The minimum Gasteiger partial charge on any atom is -0.462 e. The van der Waals surface area contributed by atoms with Crippen molar-refractivity contribution in [2.24, 2.45) is 5.41 Å². The summed E-state index contributed by atoms with van der Waals surface area (Å²) >= 11 is 2.16. The third kappa shape index (κ3) is 3.59. The van der Waals surface area contributed by atoms with Gasteiger partial charge in [-0.1, -0.05) is 6.42 Å². The van der Waals surface area contributed by atoms with Gasteiger partial charge in [-0.2, -0.15) is 0 Å². The van der Waals surface area contributed by atoms with Gasteiger partial charge in [0.15, 0.2) is 0 Å². The number of rotatable bonds is 3. The quantitative estimate of drug-likeness (QED) is 0.761. The molecule has 1 spiro atoms. The van der Waals surface area contributed by atoms with E-state index in [9.17, 15) is 4.79 Å². The number of esters is 1. The molecule has 0 aromatic carbocycles. The highest BCUT2D eigenvalue weighted by Gasteiger charge is 2.41. The van der Waals surface area contributed by atoms with E-state index in [1.165, 1.54) is 49.8 Å². The molecule has 1 aliphatic carbocycles. The molecule has 3 aliphatic rings. The summed E-state index contributed by atoms with van der Waals surface area (Å²) in [6, 6.07) is 1.99. The van der Waals surface area contributed by atoms with Crippen molar-refractivity contribution in [3.05, 3.63) is 29.1 Å². The molecule has 4 rings (SSSR count). The van der Waals surface area contributed by atoms with Crippen LogP contribution < -0.4 is 0 Å². The molecule has 2 aliphatic heterocycles. The Bertz CT molecular complexity index is 645. The van der Waals surface area contributed by atoms with E-state index in [2.05, 4.69) is 21.6 Å². The average molecular weight is 361 g/mol. The average Bonchev–Trinajstić information content (AvgIpc) is 2.84. The molecule has 136 valence electrons. The second-order valence-electron chi connectivity index (χ2n) is 7.76. The van der Waals surface area contributed by atoms with Crippen molar-refractivity contribution in [2.45, 2.75) is 63.8 Å². The largest absolute Gasteiger partial charge is 0.462 e. The topological polar surface area (TPSA) is 42.4 Å². The summed E-state index contributed by atoms with van der Waals surface area (Å²) in [5.41, 5.74) is 3.60. The number of thioether (sulfide) groups is 1. The fraction of sp³-hybridized carbons (Fsp3) is 0.700. The summed E-state index contributed by atoms with van der Waals surface area (Å²) in [7, 11) is 0. The molecule has 3 heterocycles. The van der Waals surface area contributed by atoms with Crippen LogP contribution in [0.4, 0.5) is 0 Å². The maximum Gasteiger partial charge on any atom is 0.339 e. The van der Waals surface area contributed by atoms with Crippen molar-refractivity contribution in [3.8, 4) is 0 Å². The van der Waals surface area contributed by atoms with Crippen LogP contribution in [0.5, 0.6) is 0 Å². The number of carbonyl (C=O) groups is 1. The second kappa shape index (κ2) is 7.28. The first kappa shape index (κ1) is 17.3. The van der Waals surface area contributed by atoms with Gasteiger partial charge in [0.2, 0.25) is 0 Å². The Morgan fingerprint density at radius 3 is 3.00 bits per heavy atom. The Kier molecular flexibility index (Phi) is 5.05. The summed E-state index contributed by atoms with van der Waals surface area (Å²) in [6.45, 7) is 4.24. The lowest BCUT2D eigenvalue weighted by Gasteiger charge is -2.45. The minimum absolute atomic E-state index is 0.258. The van der Waals surface area contributed by atoms with Gasteiger partial charge in [-0.25, -0.2) is 4.79 Å². The molecule has 5 heteroatoms. The molecule has 1 saturated heterocycles. The minimum atomic E-state index is -0.258. The number of pyridine rings is 1. The van der Waals surface area contributed by atoms with Crippen molar-refractivity contribution in [1.82, 2.24) is 9.88 Å². The molecule has 0 unspecified atom stereocenters. The Hall–Kier alpha value is -1.07. The molecule has 0 bridgehead atoms. The monoisotopic (exact) mass is 360 g/mol. The zero-order chi connectivity index (χ0) is 17.3. The maximum absolute atomic E-state index is 11.9. The summed E-state index contributed by atoms with van der Waals surface area (Å²) in [5, 5.41) is 0.641. The number of ether oxygens (including phenoxy) is 1. The van der Waals surface area contributed by atoms with E-state index in [4.69, 9.17) is 4.74 Å². The van der Waals surface area contributed by atoms with Crippen LogP contribution in [0.3, 0.4) is 0 Å².